The first kappa shape index (κ1) is 9.95. The van der Waals surface area contributed by atoms with Gasteiger partial charge in [0, 0.05) is 36.4 Å². The third-order valence-electron chi connectivity index (χ3n) is 2.38. The Bertz CT molecular complexity index is 454. The average Bonchev–Trinajstić information content (AvgIpc) is 2.46. The van der Waals surface area contributed by atoms with Gasteiger partial charge in [0.1, 0.15) is 0 Å². The predicted octanol–water partition coefficient (Wildman–Crippen LogP) is 0.262. The number of imidazole rings is 1. The second-order valence-electron chi connectivity index (χ2n) is 3.27. The van der Waals surface area contributed by atoms with E-state index in [1.54, 1.807) is 6.33 Å². The van der Waals surface area contributed by atoms with E-state index in [0.29, 0.717) is 13.0 Å². The van der Waals surface area contributed by atoms with Gasteiger partial charge in [-0.2, -0.15) is 12.7 Å². The van der Waals surface area contributed by atoms with Crippen LogP contribution in [0.4, 0.5) is 0 Å². The number of hydrogen-bond donors (Lipinski definition) is 0. The van der Waals surface area contributed by atoms with Gasteiger partial charge in [-0.05, 0) is 0 Å². The van der Waals surface area contributed by atoms with Crippen LogP contribution in [0, 0.1) is 0 Å². The highest BCUT2D eigenvalue weighted by molar-refractivity contribution is 8.11. The van der Waals surface area contributed by atoms with Crippen LogP contribution in [0.2, 0.25) is 0 Å². The lowest BCUT2D eigenvalue weighted by atomic mass is 10.2. The summed E-state index contributed by atoms with van der Waals surface area (Å²) in [6.45, 7) is 0.709. The minimum atomic E-state index is -3.60. The molecule has 0 spiro atoms. The summed E-state index contributed by atoms with van der Waals surface area (Å²) < 4.78 is 25.3. The Hall–Kier alpha value is -0.590. The van der Waals surface area contributed by atoms with Gasteiger partial charge in [-0.3, -0.25) is 0 Å². The molecule has 0 fully saturated rings. The first-order chi connectivity index (χ1) is 6.48. The Morgan fingerprint density at radius 1 is 1.57 bits per heavy atom. The van der Waals surface area contributed by atoms with Crippen molar-refractivity contribution in [2.75, 3.05) is 6.54 Å². The minimum Gasteiger partial charge on any atom is -0.337 e. The van der Waals surface area contributed by atoms with Gasteiger partial charge in [0.05, 0.1) is 18.6 Å². The van der Waals surface area contributed by atoms with Gasteiger partial charge < -0.3 is 4.57 Å². The van der Waals surface area contributed by atoms with E-state index in [1.165, 1.54) is 4.31 Å². The highest BCUT2D eigenvalue weighted by Gasteiger charge is 2.26. The zero-order chi connectivity index (χ0) is 10.3. The lowest BCUT2D eigenvalue weighted by Crippen LogP contribution is -2.33. The SMILES string of the molecule is Cn1cnc2c1CCN(S(=O)(=O)Cl)C2. The topological polar surface area (TPSA) is 55.2 Å². The Kier molecular flexibility index (Phi) is 2.29. The molecule has 0 aliphatic carbocycles. The third kappa shape index (κ3) is 1.65. The monoisotopic (exact) mass is 235 g/mol. The molecule has 7 heteroatoms. The molecule has 0 unspecified atom stereocenters. The van der Waals surface area contributed by atoms with Crippen LogP contribution < -0.4 is 0 Å². The Balaban J connectivity index is 2.31. The smallest absolute Gasteiger partial charge is 0.300 e. The summed E-state index contributed by atoms with van der Waals surface area (Å²) in [6, 6.07) is 0. The van der Waals surface area contributed by atoms with Gasteiger partial charge in [-0.25, -0.2) is 4.98 Å². The van der Waals surface area contributed by atoms with Crippen LogP contribution in [0.25, 0.3) is 0 Å². The molecule has 0 bridgehead atoms. The number of aryl methyl sites for hydroxylation is 1. The van der Waals surface area contributed by atoms with E-state index in [1.807, 2.05) is 11.6 Å². The summed E-state index contributed by atoms with van der Waals surface area (Å²) in [5.41, 5.74) is 1.88. The molecule has 1 aliphatic rings. The van der Waals surface area contributed by atoms with Gasteiger partial charge in [0.25, 0.3) is 9.24 Å². The fourth-order valence-electron chi connectivity index (χ4n) is 1.62. The standard InChI is InChI=1S/C7H10ClN3O2S/c1-10-5-9-6-4-11(14(8,12)13)3-2-7(6)10/h5H,2-4H2,1H3. The van der Waals surface area contributed by atoms with E-state index in [-0.39, 0.29) is 6.54 Å². The molecule has 14 heavy (non-hydrogen) atoms. The van der Waals surface area contributed by atoms with Crippen LogP contribution in [0.5, 0.6) is 0 Å². The zero-order valence-electron chi connectivity index (χ0n) is 7.64. The molecule has 0 saturated carbocycles. The molecule has 0 saturated heterocycles. The number of halogens is 1. The first-order valence-corrected chi connectivity index (χ1v) is 6.44. The highest BCUT2D eigenvalue weighted by Crippen LogP contribution is 2.20. The number of fused-ring (bicyclic) bond motifs is 1. The summed E-state index contributed by atoms with van der Waals surface area (Å²) in [6.07, 6.45) is 2.35. The zero-order valence-corrected chi connectivity index (χ0v) is 9.22. The molecule has 2 rings (SSSR count). The van der Waals surface area contributed by atoms with Crippen molar-refractivity contribution in [3.63, 3.8) is 0 Å². The molecule has 1 aromatic heterocycles. The molecule has 0 N–H and O–H groups in total. The molecule has 0 aromatic carbocycles. The molecule has 0 atom stereocenters. The van der Waals surface area contributed by atoms with E-state index in [2.05, 4.69) is 4.98 Å². The average molecular weight is 236 g/mol. The Morgan fingerprint density at radius 3 is 2.93 bits per heavy atom. The van der Waals surface area contributed by atoms with E-state index in [9.17, 15) is 8.42 Å². The van der Waals surface area contributed by atoms with Crippen molar-refractivity contribution in [1.82, 2.24) is 13.9 Å². The highest BCUT2D eigenvalue weighted by atomic mass is 35.7. The van der Waals surface area contributed by atoms with Crippen LogP contribution in [-0.4, -0.2) is 28.8 Å². The normalized spacial score (nSPS) is 18.1. The molecule has 0 amide bonds. The number of aromatic nitrogens is 2. The summed E-state index contributed by atoms with van der Waals surface area (Å²) in [4.78, 5) is 4.12. The molecule has 1 aliphatic heterocycles. The van der Waals surface area contributed by atoms with Crippen molar-refractivity contribution in [1.29, 1.82) is 0 Å². The van der Waals surface area contributed by atoms with Crippen LogP contribution in [-0.2, 0) is 29.3 Å². The number of hydrogen-bond acceptors (Lipinski definition) is 3. The summed E-state index contributed by atoms with van der Waals surface area (Å²) in [7, 11) is 3.55. The van der Waals surface area contributed by atoms with E-state index in [4.69, 9.17) is 10.7 Å². The van der Waals surface area contributed by atoms with Crippen LogP contribution in [0.1, 0.15) is 11.4 Å². The largest absolute Gasteiger partial charge is 0.337 e. The number of nitrogens with zero attached hydrogens (tertiary/aromatic N) is 3. The molecule has 1 aromatic rings. The first-order valence-electron chi connectivity index (χ1n) is 4.17. The van der Waals surface area contributed by atoms with Crippen molar-refractivity contribution in [3.8, 4) is 0 Å². The van der Waals surface area contributed by atoms with Gasteiger partial charge in [-0.15, -0.1) is 0 Å². The summed E-state index contributed by atoms with van der Waals surface area (Å²) >= 11 is 0. The summed E-state index contributed by atoms with van der Waals surface area (Å²) in [5.74, 6) is 0. The predicted molar refractivity (Wildman–Crippen MR) is 52.1 cm³/mol. The van der Waals surface area contributed by atoms with Crippen LogP contribution in [0.15, 0.2) is 6.33 Å². The van der Waals surface area contributed by atoms with E-state index in [0.717, 1.165) is 11.4 Å². The lowest BCUT2D eigenvalue weighted by Gasteiger charge is -2.22. The van der Waals surface area contributed by atoms with E-state index < -0.39 is 9.24 Å². The van der Waals surface area contributed by atoms with Gasteiger partial charge in [0.15, 0.2) is 0 Å². The quantitative estimate of drug-likeness (QED) is 0.657. The molecule has 0 radical (unpaired) electrons. The molecule has 78 valence electrons. The Morgan fingerprint density at radius 2 is 2.29 bits per heavy atom. The lowest BCUT2D eigenvalue weighted by molar-refractivity contribution is 0.391. The maximum Gasteiger partial charge on any atom is 0.300 e. The second kappa shape index (κ2) is 3.22. The van der Waals surface area contributed by atoms with Gasteiger partial charge in [0.2, 0.25) is 0 Å². The maximum absolute atomic E-state index is 11.1. The Labute approximate surface area is 86.9 Å². The van der Waals surface area contributed by atoms with Gasteiger partial charge >= 0.3 is 0 Å². The molecular weight excluding hydrogens is 226 g/mol. The van der Waals surface area contributed by atoms with Gasteiger partial charge in [-0.1, -0.05) is 0 Å². The van der Waals surface area contributed by atoms with Crippen molar-refractivity contribution in [3.05, 3.63) is 17.7 Å². The van der Waals surface area contributed by atoms with Crippen molar-refractivity contribution >= 4 is 19.9 Å². The minimum absolute atomic E-state index is 0.280. The third-order valence-corrected chi connectivity index (χ3v) is 3.89. The summed E-state index contributed by atoms with van der Waals surface area (Å²) in [5, 5.41) is 0. The second-order valence-corrected chi connectivity index (χ2v) is 5.79. The van der Waals surface area contributed by atoms with Crippen LogP contribution in [0.3, 0.4) is 0 Å². The number of rotatable bonds is 1. The van der Waals surface area contributed by atoms with Crippen LogP contribution >= 0.6 is 10.7 Å². The maximum atomic E-state index is 11.1. The van der Waals surface area contributed by atoms with Crippen molar-refractivity contribution < 1.29 is 8.42 Å². The molecule has 5 nitrogen and oxygen atoms in total. The van der Waals surface area contributed by atoms with Crippen molar-refractivity contribution in [2.24, 2.45) is 7.05 Å². The van der Waals surface area contributed by atoms with E-state index >= 15 is 0 Å². The molecular formula is C7H10ClN3O2S. The fourth-order valence-corrected chi connectivity index (χ4v) is 2.56. The van der Waals surface area contributed by atoms with Crippen molar-refractivity contribution in [2.45, 2.75) is 13.0 Å². The fraction of sp³-hybridized carbons (Fsp3) is 0.571. The molecule has 2 heterocycles.